The second-order valence-corrected chi connectivity index (χ2v) is 5.94. The van der Waals surface area contributed by atoms with Crippen molar-refractivity contribution in [2.45, 2.75) is 51.2 Å². The Bertz CT molecular complexity index is 421. The zero-order valence-corrected chi connectivity index (χ0v) is 11.7. The SMILES string of the molecule is Cc1nn(C)cc1C(C)NC1CCN(C2CC2)C1. The monoisotopic (exact) mass is 248 g/mol. The van der Waals surface area contributed by atoms with Crippen LogP contribution >= 0.6 is 0 Å². The first-order valence-corrected chi connectivity index (χ1v) is 7.13. The molecule has 0 spiro atoms. The van der Waals surface area contributed by atoms with E-state index in [2.05, 4.69) is 35.4 Å². The average molecular weight is 248 g/mol. The third-order valence-corrected chi connectivity index (χ3v) is 4.29. The van der Waals surface area contributed by atoms with Crippen LogP contribution in [0.3, 0.4) is 0 Å². The summed E-state index contributed by atoms with van der Waals surface area (Å²) in [5.74, 6) is 0. The summed E-state index contributed by atoms with van der Waals surface area (Å²) in [5, 5.41) is 8.19. The van der Waals surface area contributed by atoms with Crippen LogP contribution in [0.2, 0.25) is 0 Å². The van der Waals surface area contributed by atoms with Crippen LogP contribution in [0.4, 0.5) is 0 Å². The van der Waals surface area contributed by atoms with Crippen LogP contribution in [-0.2, 0) is 7.05 Å². The molecule has 2 aliphatic rings. The molecule has 1 saturated heterocycles. The molecule has 1 saturated carbocycles. The molecule has 0 amide bonds. The lowest BCUT2D eigenvalue weighted by Crippen LogP contribution is -2.35. The van der Waals surface area contributed by atoms with Crippen LogP contribution in [0.15, 0.2) is 6.20 Å². The molecule has 2 heterocycles. The zero-order valence-electron chi connectivity index (χ0n) is 11.7. The van der Waals surface area contributed by atoms with Crippen molar-refractivity contribution in [3.05, 3.63) is 17.5 Å². The standard InChI is InChI=1S/C14H24N4/c1-10(14-9-17(3)16-11(14)2)15-12-6-7-18(8-12)13-4-5-13/h9-10,12-13,15H,4-8H2,1-3H3. The summed E-state index contributed by atoms with van der Waals surface area (Å²) >= 11 is 0. The summed E-state index contributed by atoms with van der Waals surface area (Å²) in [6.07, 6.45) is 6.27. The summed E-state index contributed by atoms with van der Waals surface area (Å²) in [6.45, 7) is 6.86. The minimum absolute atomic E-state index is 0.405. The molecule has 1 aromatic rings. The summed E-state index contributed by atoms with van der Waals surface area (Å²) in [6, 6.07) is 1.97. The molecule has 0 radical (unpaired) electrons. The van der Waals surface area contributed by atoms with Gasteiger partial charge in [-0.1, -0.05) is 0 Å². The van der Waals surface area contributed by atoms with E-state index in [1.54, 1.807) is 0 Å². The molecule has 100 valence electrons. The van der Waals surface area contributed by atoms with Gasteiger partial charge in [0.15, 0.2) is 0 Å². The first-order chi connectivity index (χ1) is 8.63. The maximum Gasteiger partial charge on any atom is 0.0641 e. The molecule has 3 rings (SSSR count). The van der Waals surface area contributed by atoms with Crippen LogP contribution < -0.4 is 5.32 Å². The molecule has 4 heteroatoms. The Morgan fingerprint density at radius 1 is 1.39 bits per heavy atom. The van der Waals surface area contributed by atoms with Gasteiger partial charge in [0.1, 0.15) is 0 Å². The van der Waals surface area contributed by atoms with Crippen LogP contribution in [0.25, 0.3) is 0 Å². The van der Waals surface area contributed by atoms with E-state index in [-0.39, 0.29) is 0 Å². The third kappa shape index (κ3) is 2.45. The highest BCUT2D eigenvalue weighted by Crippen LogP contribution is 2.30. The number of nitrogens with zero attached hydrogens (tertiary/aromatic N) is 3. The second-order valence-electron chi connectivity index (χ2n) is 5.94. The van der Waals surface area contributed by atoms with Crippen molar-refractivity contribution in [1.29, 1.82) is 0 Å². The van der Waals surface area contributed by atoms with Crippen LogP contribution in [-0.4, -0.2) is 39.9 Å². The van der Waals surface area contributed by atoms with Gasteiger partial charge in [-0.15, -0.1) is 0 Å². The van der Waals surface area contributed by atoms with Crippen molar-refractivity contribution >= 4 is 0 Å². The maximum atomic E-state index is 4.43. The number of aryl methyl sites for hydroxylation is 2. The van der Waals surface area contributed by atoms with Gasteiger partial charge in [-0.3, -0.25) is 9.58 Å². The quantitative estimate of drug-likeness (QED) is 0.879. The minimum Gasteiger partial charge on any atom is -0.306 e. The summed E-state index contributed by atoms with van der Waals surface area (Å²) < 4.78 is 1.91. The largest absolute Gasteiger partial charge is 0.306 e. The summed E-state index contributed by atoms with van der Waals surface area (Å²) in [5.41, 5.74) is 2.48. The summed E-state index contributed by atoms with van der Waals surface area (Å²) in [4.78, 5) is 2.65. The lowest BCUT2D eigenvalue weighted by Gasteiger charge is -2.20. The third-order valence-electron chi connectivity index (χ3n) is 4.29. The fourth-order valence-electron chi connectivity index (χ4n) is 3.18. The van der Waals surface area contributed by atoms with Crippen molar-refractivity contribution in [3.8, 4) is 0 Å². The number of rotatable bonds is 4. The van der Waals surface area contributed by atoms with Gasteiger partial charge in [-0.05, 0) is 33.1 Å². The predicted octanol–water partition coefficient (Wildman–Crippen LogP) is 1.62. The highest BCUT2D eigenvalue weighted by molar-refractivity contribution is 5.19. The molecular weight excluding hydrogens is 224 g/mol. The smallest absolute Gasteiger partial charge is 0.0641 e. The van der Waals surface area contributed by atoms with Crippen molar-refractivity contribution < 1.29 is 0 Å². The lowest BCUT2D eigenvalue weighted by molar-refractivity contribution is 0.313. The fourth-order valence-corrected chi connectivity index (χ4v) is 3.18. The second kappa shape index (κ2) is 4.67. The van der Waals surface area contributed by atoms with Crippen LogP contribution in [0.5, 0.6) is 0 Å². The van der Waals surface area contributed by atoms with Gasteiger partial charge in [0.25, 0.3) is 0 Å². The number of nitrogens with one attached hydrogen (secondary N) is 1. The van der Waals surface area contributed by atoms with Crippen molar-refractivity contribution in [1.82, 2.24) is 20.0 Å². The molecule has 1 aliphatic heterocycles. The number of hydrogen-bond donors (Lipinski definition) is 1. The van der Waals surface area contributed by atoms with Gasteiger partial charge < -0.3 is 5.32 Å². The minimum atomic E-state index is 0.405. The van der Waals surface area contributed by atoms with E-state index in [0.717, 1.165) is 11.7 Å². The first-order valence-electron chi connectivity index (χ1n) is 7.13. The van der Waals surface area contributed by atoms with E-state index in [9.17, 15) is 0 Å². The van der Waals surface area contributed by atoms with Gasteiger partial charge in [-0.25, -0.2) is 0 Å². The van der Waals surface area contributed by atoms with Gasteiger partial charge >= 0.3 is 0 Å². The van der Waals surface area contributed by atoms with E-state index >= 15 is 0 Å². The molecule has 1 N–H and O–H groups in total. The molecular formula is C14H24N4. The van der Waals surface area contributed by atoms with Crippen LogP contribution in [0.1, 0.15) is 43.5 Å². The highest BCUT2D eigenvalue weighted by atomic mass is 15.3. The maximum absolute atomic E-state index is 4.43. The van der Waals surface area contributed by atoms with Crippen molar-refractivity contribution in [2.75, 3.05) is 13.1 Å². The summed E-state index contributed by atoms with van der Waals surface area (Å²) in [7, 11) is 1.99. The van der Waals surface area contributed by atoms with Crippen LogP contribution in [0, 0.1) is 6.92 Å². The van der Waals surface area contributed by atoms with Gasteiger partial charge in [-0.2, -0.15) is 5.10 Å². The number of hydrogen-bond acceptors (Lipinski definition) is 3. The molecule has 1 aliphatic carbocycles. The molecule has 4 nitrogen and oxygen atoms in total. The Morgan fingerprint density at radius 2 is 2.17 bits per heavy atom. The molecule has 0 aromatic carbocycles. The predicted molar refractivity (Wildman–Crippen MR) is 72.5 cm³/mol. The number of aromatic nitrogens is 2. The van der Waals surface area contributed by atoms with Gasteiger partial charge in [0.05, 0.1) is 5.69 Å². The molecule has 2 fully saturated rings. The highest BCUT2D eigenvalue weighted by Gasteiger charge is 2.34. The molecule has 0 bridgehead atoms. The zero-order chi connectivity index (χ0) is 12.7. The Morgan fingerprint density at radius 3 is 2.78 bits per heavy atom. The van der Waals surface area contributed by atoms with E-state index in [1.165, 1.54) is 37.9 Å². The van der Waals surface area contributed by atoms with Crippen molar-refractivity contribution in [2.24, 2.45) is 7.05 Å². The molecule has 1 aromatic heterocycles. The fraction of sp³-hybridized carbons (Fsp3) is 0.786. The van der Waals surface area contributed by atoms with Crippen molar-refractivity contribution in [3.63, 3.8) is 0 Å². The lowest BCUT2D eigenvalue weighted by atomic mass is 10.1. The number of likely N-dealkylation sites (tertiary alicyclic amines) is 1. The molecule has 2 unspecified atom stereocenters. The normalized spacial score (nSPS) is 26.7. The average Bonchev–Trinajstić information content (AvgIpc) is 2.97. The van der Waals surface area contributed by atoms with E-state index in [4.69, 9.17) is 0 Å². The Kier molecular flexibility index (Phi) is 3.16. The Labute approximate surface area is 109 Å². The topological polar surface area (TPSA) is 33.1 Å². The Hall–Kier alpha value is -0.870. The van der Waals surface area contributed by atoms with E-state index < -0.39 is 0 Å². The molecule has 2 atom stereocenters. The Balaban J connectivity index is 1.57. The van der Waals surface area contributed by atoms with Gasteiger partial charge in [0.2, 0.25) is 0 Å². The molecule has 18 heavy (non-hydrogen) atoms. The first kappa shape index (κ1) is 12.2. The van der Waals surface area contributed by atoms with E-state index in [0.29, 0.717) is 12.1 Å². The van der Waals surface area contributed by atoms with E-state index in [1.807, 2.05) is 11.7 Å². The van der Waals surface area contributed by atoms with Gasteiger partial charge in [0, 0.05) is 50.0 Å².